The Morgan fingerprint density at radius 2 is 2.14 bits per heavy atom. The molecule has 0 spiro atoms. The van der Waals surface area contributed by atoms with Gasteiger partial charge in [0.1, 0.15) is 16.6 Å². The number of nitrogens with zero attached hydrogens (tertiary/aromatic N) is 1. The summed E-state index contributed by atoms with van der Waals surface area (Å²) in [6.07, 6.45) is 2.72. The number of sulfonamides is 1. The Labute approximate surface area is 121 Å². The minimum Gasteiger partial charge on any atom is -0.480 e. The molecule has 1 unspecified atom stereocenters. The highest BCUT2D eigenvalue weighted by atomic mass is 32.2. The number of hydrogen-bond donors (Lipinski definition) is 2. The smallest absolute Gasteiger partial charge is 0.354 e. The molecule has 1 aliphatic heterocycles. The fraction of sp³-hybridized carbons (Fsp3) is 0.500. The van der Waals surface area contributed by atoms with Gasteiger partial charge in [-0.05, 0) is 25.3 Å². The topological polar surface area (TPSA) is 117 Å². The van der Waals surface area contributed by atoms with E-state index in [-0.39, 0.29) is 23.6 Å². The summed E-state index contributed by atoms with van der Waals surface area (Å²) in [5, 5.41) is 9.16. The second kappa shape index (κ2) is 5.86. The van der Waals surface area contributed by atoms with Crippen molar-refractivity contribution in [1.82, 2.24) is 9.29 Å². The van der Waals surface area contributed by atoms with Crippen LogP contribution in [0.1, 0.15) is 29.8 Å². The van der Waals surface area contributed by atoms with E-state index < -0.39 is 28.0 Å². The van der Waals surface area contributed by atoms with Gasteiger partial charge in [0.2, 0.25) is 10.0 Å². The number of H-pyrrole nitrogens is 1. The number of esters is 1. The highest BCUT2D eigenvalue weighted by Gasteiger charge is 2.38. The molecule has 0 aromatic carbocycles. The molecule has 1 aliphatic rings. The molecule has 1 fully saturated rings. The first-order chi connectivity index (χ1) is 9.87. The number of rotatable bonds is 4. The third kappa shape index (κ3) is 2.93. The molecular weight excluding hydrogens is 300 g/mol. The number of carbonyl (C=O) groups is 2. The van der Waals surface area contributed by atoms with E-state index in [0.717, 1.165) is 16.6 Å². The minimum atomic E-state index is -3.96. The van der Waals surface area contributed by atoms with Crippen LogP contribution in [0.5, 0.6) is 0 Å². The molecule has 8 nitrogen and oxygen atoms in total. The van der Waals surface area contributed by atoms with Crippen molar-refractivity contribution < 1.29 is 27.9 Å². The van der Waals surface area contributed by atoms with Crippen molar-refractivity contribution in [2.75, 3.05) is 13.7 Å². The van der Waals surface area contributed by atoms with Crippen LogP contribution in [-0.2, 0) is 19.6 Å². The molecule has 1 aromatic heterocycles. The van der Waals surface area contributed by atoms with Crippen LogP contribution in [0.2, 0.25) is 0 Å². The number of carboxylic acids is 1. The molecule has 21 heavy (non-hydrogen) atoms. The van der Waals surface area contributed by atoms with E-state index >= 15 is 0 Å². The van der Waals surface area contributed by atoms with E-state index in [0.29, 0.717) is 12.8 Å². The third-order valence-corrected chi connectivity index (χ3v) is 5.29. The van der Waals surface area contributed by atoms with Crippen molar-refractivity contribution in [3.8, 4) is 0 Å². The molecule has 0 bridgehead atoms. The van der Waals surface area contributed by atoms with Gasteiger partial charge in [0.25, 0.3) is 0 Å². The van der Waals surface area contributed by atoms with E-state index in [1.807, 2.05) is 0 Å². The lowest BCUT2D eigenvalue weighted by molar-refractivity contribution is -0.142. The number of carbonyl (C=O) groups excluding carboxylic acids is 1. The first-order valence-electron chi connectivity index (χ1n) is 6.39. The van der Waals surface area contributed by atoms with Crippen LogP contribution >= 0.6 is 0 Å². The van der Waals surface area contributed by atoms with E-state index in [4.69, 9.17) is 5.11 Å². The molecule has 0 aliphatic carbocycles. The van der Waals surface area contributed by atoms with Crippen LogP contribution in [0.25, 0.3) is 0 Å². The zero-order valence-electron chi connectivity index (χ0n) is 11.4. The molecule has 0 radical (unpaired) electrons. The summed E-state index contributed by atoms with van der Waals surface area (Å²) in [5.41, 5.74) is -0.0000376. The predicted octanol–water partition coefficient (Wildman–Crippen LogP) is 0.429. The van der Waals surface area contributed by atoms with Crippen LogP contribution in [0.15, 0.2) is 17.2 Å². The Kier molecular flexibility index (Phi) is 4.33. The van der Waals surface area contributed by atoms with Gasteiger partial charge in [0, 0.05) is 12.7 Å². The number of piperidine rings is 1. The first-order valence-corrected chi connectivity index (χ1v) is 7.83. The van der Waals surface area contributed by atoms with E-state index in [1.54, 1.807) is 0 Å². The maximum Gasteiger partial charge on any atom is 0.354 e. The quantitative estimate of drug-likeness (QED) is 0.778. The van der Waals surface area contributed by atoms with Crippen molar-refractivity contribution in [2.45, 2.75) is 30.2 Å². The van der Waals surface area contributed by atoms with Gasteiger partial charge in [-0.25, -0.2) is 13.2 Å². The molecule has 1 aromatic rings. The van der Waals surface area contributed by atoms with Crippen LogP contribution in [0, 0.1) is 0 Å². The molecule has 116 valence electrons. The summed E-state index contributed by atoms with van der Waals surface area (Å²) in [4.78, 5) is 24.9. The number of hydrogen-bond acceptors (Lipinski definition) is 5. The second-order valence-corrected chi connectivity index (χ2v) is 6.60. The normalized spacial score (nSPS) is 20.1. The molecule has 2 rings (SSSR count). The van der Waals surface area contributed by atoms with Crippen molar-refractivity contribution >= 4 is 22.0 Å². The van der Waals surface area contributed by atoms with Crippen molar-refractivity contribution in [1.29, 1.82) is 0 Å². The lowest BCUT2D eigenvalue weighted by Crippen LogP contribution is -2.47. The Bertz CT molecular complexity index is 650. The SMILES string of the molecule is COC(=O)c1cc(S(=O)(=O)N2CCCCC2C(=O)O)c[nH]1. The molecule has 0 saturated carbocycles. The zero-order valence-corrected chi connectivity index (χ0v) is 12.2. The summed E-state index contributed by atoms with van der Waals surface area (Å²) in [5.74, 6) is -1.85. The number of aromatic nitrogens is 1. The highest BCUT2D eigenvalue weighted by Crippen LogP contribution is 2.26. The number of nitrogens with one attached hydrogen (secondary N) is 1. The highest BCUT2D eigenvalue weighted by molar-refractivity contribution is 7.89. The Balaban J connectivity index is 2.34. The van der Waals surface area contributed by atoms with E-state index in [1.165, 1.54) is 7.11 Å². The monoisotopic (exact) mass is 316 g/mol. The summed E-state index contributed by atoms with van der Waals surface area (Å²) >= 11 is 0. The van der Waals surface area contributed by atoms with Gasteiger partial charge in [-0.1, -0.05) is 0 Å². The predicted molar refractivity (Wildman–Crippen MR) is 71.3 cm³/mol. The Morgan fingerprint density at radius 1 is 1.43 bits per heavy atom. The average molecular weight is 316 g/mol. The fourth-order valence-electron chi connectivity index (χ4n) is 2.33. The summed E-state index contributed by atoms with van der Waals surface area (Å²) in [6.45, 7) is 0.151. The van der Waals surface area contributed by atoms with Crippen LogP contribution in [-0.4, -0.2) is 54.4 Å². The molecule has 2 N–H and O–H groups in total. The maximum atomic E-state index is 12.5. The fourth-order valence-corrected chi connectivity index (χ4v) is 3.97. The molecule has 1 atom stereocenters. The van der Waals surface area contributed by atoms with Gasteiger partial charge < -0.3 is 14.8 Å². The Morgan fingerprint density at radius 3 is 2.76 bits per heavy atom. The molecule has 0 amide bonds. The molecular formula is C12H16N2O6S. The largest absolute Gasteiger partial charge is 0.480 e. The summed E-state index contributed by atoms with van der Waals surface area (Å²) in [7, 11) is -2.78. The van der Waals surface area contributed by atoms with Crippen molar-refractivity contribution in [3.63, 3.8) is 0 Å². The standard InChI is InChI=1S/C12H16N2O6S/c1-20-12(17)9-6-8(7-13-9)21(18,19)14-5-3-2-4-10(14)11(15)16/h6-7,10,13H,2-5H2,1H3,(H,15,16). The molecule has 1 saturated heterocycles. The van der Waals surface area contributed by atoms with Gasteiger partial charge in [0.15, 0.2) is 0 Å². The van der Waals surface area contributed by atoms with Crippen LogP contribution in [0.3, 0.4) is 0 Å². The van der Waals surface area contributed by atoms with Gasteiger partial charge in [-0.15, -0.1) is 0 Å². The average Bonchev–Trinajstić information content (AvgIpc) is 2.97. The molecule has 9 heteroatoms. The van der Waals surface area contributed by atoms with Crippen molar-refractivity contribution in [3.05, 3.63) is 18.0 Å². The van der Waals surface area contributed by atoms with Crippen LogP contribution in [0.4, 0.5) is 0 Å². The van der Waals surface area contributed by atoms with Gasteiger partial charge in [-0.3, -0.25) is 4.79 Å². The maximum absolute atomic E-state index is 12.5. The van der Waals surface area contributed by atoms with Crippen LogP contribution < -0.4 is 0 Å². The number of ether oxygens (including phenoxy) is 1. The van der Waals surface area contributed by atoms with E-state index in [9.17, 15) is 18.0 Å². The number of aliphatic carboxylic acids is 1. The minimum absolute atomic E-state index is 0.0000376. The van der Waals surface area contributed by atoms with Gasteiger partial charge in [0.05, 0.1) is 7.11 Å². The van der Waals surface area contributed by atoms with E-state index in [2.05, 4.69) is 9.72 Å². The summed E-state index contributed by atoms with van der Waals surface area (Å²) in [6, 6.07) is 0.0783. The zero-order chi connectivity index (χ0) is 15.6. The Hall–Kier alpha value is -1.87. The second-order valence-electron chi connectivity index (χ2n) is 4.71. The first kappa shape index (κ1) is 15.5. The van der Waals surface area contributed by atoms with Crippen molar-refractivity contribution in [2.24, 2.45) is 0 Å². The lowest BCUT2D eigenvalue weighted by Gasteiger charge is -2.31. The summed E-state index contributed by atoms with van der Waals surface area (Å²) < 4.78 is 30.5. The molecule has 2 heterocycles. The number of carboxylic acid groups (broad SMARTS) is 1. The number of aromatic amines is 1. The lowest BCUT2D eigenvalue weighted by atomic mass is 10.1. The van der Waals surface area contributed by atoms with Gasteiger partial charge >= 0.3 is 11.9 Å². The third-order valence-electron chi connectivity index (χ3n) is 3.41. The van der Waals surface area contributed by atoms with Gasteiger partial charge in [-0.2, -0.15) is 4.31 Å². The number of methoxy groups -OCH3 is 1.